The predicted molar refractivity (Wildman–Crippen MR) is 74.3 cm³/mol. The van der Waals surface area contributed by atoms with Gasteiger partial charge in [0.05, 0.1) is 0 Å². The highest BCUT2D eigenvalue weighted by molar-refractivity contribution is 5.19. The molecule has 0 amide bonds. The number of aliphatic hydroxyl groups is 1. The molecule has 1 aliphatic rings. The van der Waals surface area contributed by atoms with Crippen molar-refractivity contribution in [3.05, 3.63) is 35.9 Å². The molecule has 100 valence electrons. The van der Waals surface area contributed by atoms with Crippen LogP contribution in [0.2, 0.25) is 0 Å². The van der Waals surface area contributed by atoms with E-state index < -0.39 is 0 Å². The Bertz CT molecular complexity index is 338. The van der Waals surface area contributed by atoms with E-state index in [2.05, 4.69) is 29.2 Å². The lowest BCUT2D eigenvalue weighted by Gasteiger charge is -2.42. The zero-order valence-electron chi connectivity index (χ0n) is 11.0. The quantitative estimate of drug-likeness (QED) is 0.775. The third kappa shape index (κ3) is 3.10. The summed E-state index contributed by atoms with van der Waals surface area (Å²) in [6.45, 7) is 1.85. The molecule has 1 aromatic rings. The SMILES string of the molecule is NCC(c1ccccc1)N(CCCO)C1CCC1. The van der Waals surface area contributed by atoms with Crippen molar-refractivity contribution in [3.63, 3.8) is 0 Å². The third-order valence-corrected chi connectivity index (χ3v) is 3.93. The Labute approximate surface area is 110 Å². The summed E-state index contributed by atoms with van der Waals surface area (Å²) >= 11 is 0. The second-order valence-electron chi connectivity index (χ2n) is 5.06. The lowest BCUT2D eigenvalue weighted by atomic mass is 9.89. The van der Waals surface area contributed by atoms with Crippen LogP contribution in [0.4, 0.5) is 0 Å². The van der Waals surface area contributed by atoms with Crippen molar-refractivity contribution in [2.24, 2.45) is 5.73 Å². The zero-order valence-corrected chi connectivity index (χ0v) is 11.0. The molecule has 0 bridgehead atoms. The van der Waals surface area contributed by atoms with Gasteiger partial charge in [0, 0.05) is 31.8 Å². The summed E-state index contributed by atoms with van der Waals surface area (Å²) in [5.74, 6) is 0. The van der Waals surface area contributed by atoms with Crippen molar-refractivity contribution >= 4 is 0 Å². The summed E-state index contributed by atoms with van der Waals surface area (Å²) in [6, 6.07) is 11.4. The van der Waals surface area contributed by atoms with Crippen LogP contribution in [0.3, 0.4) is 0 Å². The van der Waals surface area contributed by atoms with Crippen LogP contribution in [0.1, 0.15) is 37.3 Å². The van der Waals surface area contributed by atoms with Crippen LogP contribution in [-0.2, 0) is 0 Å². The minimum absolute atomic E-state index is 0.259. The molecule has 0 aromatic heterocycles. The highest BCUT2D eigenvalue weighted by Crippen LogP contribution is 2.32. The van der Waals surface area contributed by atoms with Crippen LogP contribution in [0, 0.1) is 0 Å². The van der Waals surface area contributed by atoms with Gasteiger partial charge in [-0.1, -0.05) is 36.8 Å². The highest BCUT2D eigenvalue weighted by atomic mass is 16.3. The average Bonchev–Trinajstić information content (AvgIpc) is 2.35. The van der Waals surface area contributed by atoms with Crippen LogP contribution in [0.25, 0.3) is 0 Å². The lowest BCUT2D eigenvalue weighted by molar-refractivity contribution is 0.0743. The molecule has 0 saturated heterocycles. The van der Waals surface area contributed by atoms with Gasteiger partial charge in [0.25, 0.3) is 0 Å². The van der Waals surface area contributed by atoms with Gasteiger partial charge in [-0.2, -0.15) is 0 Å². The van der Waals surface area contributed by atoms with Gasteiger partial charge in [-0.15, -0.1) is 0 Å². The number of hydrogen-bond acceptors (Lipinski definition) is 3. The van der Waals surface area contributed by atoms with E-state index in [1.165, 1.54) is 24.8 Å². The molecule has 3 N–H and O–H groups in total. The Balaban J connectivity index is 2.10. The molecule has 3 heteroatoms. The van der Waals surface area contributed by atoms with Gasteiger partial charge in [0.2, 0.25) is 0 Å². The lowest BCUT2D eigenvalue weighted by Crippen LogP contribution is -2.45. The van der Waals surface area contributed by atoms with E-state index >= 15 is 0 Å². The fourth-order valence-electron chi connectivity index (χ4n) is 2.70. The molecular weight excluding hydrogens is 224 g/mol. The number of hydrogen-bond donors (Lipinski definition) is 2. The average molecular weight is 248 g/mol. The highest BCUT2D eigenvalue weighted by Gasteiger charge is 2.30. The van der Waals surface area contributed by atoms with E-state index in [0.717, 1.165) is 13.0 Å². The monoisotopic (exact) mass is 248 g/mol. The molecule has 0 aliphatic heterocycles. The third-order valence-electron chi connectivity index (χ3n) is 3.93. The Morgan fingerprint density at radius 3 is 2.50 bits per heavy atom. The van der Waals surface area contributed by atoms with E-state index in [4.69, 9.17) is 10.8 Å². The van der Waals surface area contributed by atoms with Gasteiger partial charge in [0.15, 0.2) is 0 Å². The molecule has 1 atom stereocenters. The van der Waals surface area contributed by atoms with Gasteiger partial charge in [-0.25, -0.2) is 0 Å². The topological polar surface area (TPSA) is 49.5 Å². The van der Waals surface area contributed by atoms with E-state index in [-0.39, 0.29) is 6.61 Å². The van der Waals surface area contributed by atoms with Crippen molar-refractivity contribution in [3.8, 4) is 0 Å². The fourth-order valence-corrected chi connectivity index (χ4v) is 2.70. The summed E-state index contributed by atoms with van der Waals surface area (Å²) in [5.41, 5.74) is 7.29. The van der Waals surface area contributed by atoms with Gasteiger partial charge >= 0.3 is 0 Å². The van der Waals surface area contributed by atoms with Gasteiger partial charge in [-0.05, 0) is 24.8 Å². The standard InChI is InChI=1S/C15H24N2O/c16-12-15(13-6-2-1-3-7-13)17(10-5-11-18)14-8-4-9-14/h1-3,6-7,14-15,18H,4-5,8-12,16H2. The van der Waals surface area contributed by atoms with Crippen molar-refractivity contribution in [1.29, 1.82) is 0 Å². The minimum Gasteiger partial charge on any atom is -0.396 e. The molecule has 0 heterocycles. The first-order valence-corrected chi connectivity index (χ1v) is 6.98. The number of benzene rings is 1. The molecule has 18 heavy (non-hydrogen) atoms. The second-order valence-corrected chi connectivity index (χ2v) is 5.06. The summed E-state index contributed by atoms with van der Waals surface area (Å²) in [5, 5.41) is 9.05. The van der Waals surface area contributed by atoms with E-state index in [0.29, 0.717) is 18.6 Å². The molecule has 1 saturated carbocycles. The van der Waals surface area contributed by atoms with E-state index in [1.807, 2.05) is 6.07 Å². The van der Waals surface area contributed by atoms with Crippen molar-refractivity contribution < 1.29 is 5.11 Å². The van der Waals surface area contributed by atoms with Crippen LogP contribution in [-0.4, -0.2) is 35.7 Å². The molecule has 1 aromatic carbocycles. The molecule has 0 spiro atoms. The summed E-state index contributed by atoms with van der Waals surface area (Å²) < 4.78 is 0. The Hall–Kier alpha value is -0.900. The molecule has 1 unspecified atom stereocenters. The Morgan fingerprint density at radius 2 is 2.00 bits per heavy atom. The molecule has 1 fully saturated rings. The maximum atomic E-state index is 9.05. The summed E-state index contributed by atoms with van der Waals surface area (Å²) in [7, 11) is 0. The van der Waals surface area contributed by atoms with Crippen molar-refractivity contribution in [2.45, 2.75) is 37.8 Å². The molecule has 0 radical (unpaired) electrons. The van der Waals surface area contributed by atoms with E-state index in [9.17, 15) is 0 Å². The Kier molecular flexibility index (Phi) is 5.17. The normalized spacial score (nSPS) is 17.7. The maximum absolute atomic E-state index is 9.05. The zero-order chi connectivity index (χ0) is 12.8. The van der Waals surface area contributed by atoms with Crippen LogP contribution in [0.15, 0.2) is 30.3 Å². The summed E-state index contributed by atoms with van der Waals surface area (Å²) in [6.07, 6.45) is 4.70. The van der Waals surface area contributed by atoms with Crippen molar-refractivity contribution in [1.82, 2.24) is 4.90 Å². The molecule has 1 aliphatic carbocycles. The van der Waals surface area contributed by atoms with Crippen molar-refractivity contribution in [2.75, 3.05) is 19.7 Å². The van der Waals surface area contributed by atoms with Gasteiger partial charge in [-0.3, -0.25) is 4.90 Å². The predicted octanol–water partition coefficient (Wildman–Crippen LogP) is 1.92. The van der Waals surface area contributed by atoms with Crippen LogP contribution < -0.4 is 5.73 Å². The number of aliphatic hydroxyl groups excluding tert-OH is 1. The summed E-state index contributed by atoms with van der Waals surface area (Å²) in [4.78, 5) is 2.50. The first kappa shape index (κ1) is 13.5. The number of nitrogens with two attached hydrogens (primary N) is 1. The second kappa shape index (κ2) is 6.88. The molecular formula is C15H24N2O. The molecule has 3 nitrogen and oxygen atoms in total. The number of nitrogens with zero attached hydrogens (tertiary/aromatic N) is 1. The molecule has 2 rings (SSSR count). The fraction of sp³-hybridized carbons (Fsp3) is 0.600. The van der Waals surface area contributed by atoms with Gasteiger partial charge in [0.1, 0.15) is 0 Å². The van der Waals surface area contributed by atoms with Gasteiger partial charge < -0.3 is 10.8 Å². The first-order valence-electron chi connectivity index (χ1n) is 6.98. The maximum Gasteiger partial charge on any atom is 0.0473 e. The first-order chi connectivity index (χ1) is 8.86. The Morgan fingerprint density at radius 1 is 1.28 bits per heavy atom. The largest absolute Gasteiger partial charge is 0.396 e. The smallest absolute Gasteiger partial charge is 0.0473 e. The van der Waals surface area contributed by atoms with Crippen LogP contribution in [0.5, 0.6) is 0 Å². The van der Waals surface area contributed by atoms with E-state index in [1.54, 1.807) is 0 Å². The minimum atomic E-state index is 0.259. The van der Waals surface area contributed by atoms with Crippen LogP contribution >= 0.6 is 0 Å². The number of rotatable bonds is 7.